The van der Waals surface area contributed by atoms with Gasteiger partial charge < -0.3 is 10.1 Å². The van der Waals surface area contributed by atoms with Gasteiger partial charge in [-0.25, -0.2) is 9.97 Å². The Hall–Kier alpha value is -2.10. The Kier molecular flexibility index (Phi) is 4.04. The second-order valence-corrected chi connectivity index (χ2v) is 5.36. The quantitative estimate of drug-likeness (QED) is 0.937. The second-order valence-electron chi connectivity index (χ2n) is 5.36. The van der Waals surface area contributed by atoms with E-state index in [1.54, 1.807) is 7.11 Å². The van der Waals surface area contributed by atoms with Crippen molar-refractivity contribution in [2.45, 2.75) is 32.1 Å². The molecule has 0 unspecified atom stereocenters. The molecule has 1 aromatic heterocycles. The van der Waals surface area contributed by atoms with Crippen molar-refractivity contribution < 1.29 is 4.74 Å². The summed E-state index contributed by atoms with van der Waals surface area (Å²) in [7, 11) is 3.63. The lowest BCUT2D eigenvalue weighted by Gasteiger charge is -2.19. The van der Waals surface area contributed by atoms with Gasteiger partial charge in [-0.3, -0.25) is 0 Å². The van der Waals surface area contributed by atoms with Crippen LogP contribution in [0.25, 0.3) is 0 Å². The van der Waals surface area contributed by atoms with Gasteiger partial charge in [-0.1, -0.05) is 18.2 Å². The molecule has 0 amide bonds. The second kappa shape index (κ2) is 6.12. The maximum Gasteiger partial charge on any atom is 0.135 e. The minimum absolute atomic E-state index is 0.700. The van der Waals surface area contributed by atoms with E-state index >= 15 is 0 Å². The smallest absolute Gasteiger partial charge is 0.135 e. The number of nitrogens with zero attached hydrogens (tertiary/aromatic N) is 2. The highest BCUT2D eigenvalue weighted by Crippen LogP contribution is 2.27. The van der Waals surface area contributed by atoms with E-state index in [1.807, 2.05) is 25.2 Å². The van der Waals surface area contributed by atoms with Crippen molar-refractivity contribution >= 4 is 5.82 Å². The average molecular weight is 283 g/mol. The van der Waals surface area contributed by atoms with Gasteiger partial charge in [0.1, 0.15) is 17.4 Å². The number of hydrogen-bond donors (Lipinski definition) is 1. The van der Waals surface area contributed by atoms with Crippen LogP contribution in [0.2, 0.25) is 0 Å². The highest BCUT2D eigenvalue weighted by molar-refractivity contribution is 5.48. The van der Waals surface area contributed by atoms with Crippen LogP contribution in [0.5, 0.6) is 5.75 Å². The molecule has 0 atom stereocenters. The Bertz CT molecular complexity index is 623. The van der Waals surface area contributed by atoms with Crippen molar-refractivity contribution in [1.29, 1.82) is 0 Å². The number of aromatic nitrogens is 2. The van der Waals surface area contributed by atoms with Crippen molar-refractivity contribution in [1.82, 2.24) is 9.97 Å². The van der Waals surface area contributed by atoms with Crippen LogP contribution in [0.3, 0.4) is 0 Å². The highest BCUT2D eigenvalue weighted by atomic mass is 16.5. The van der Waals surface area contributed by atoms with Gasteiger partial charge in [0.15, 0.2) is 0 Å². The normalized spacial score (nSPS) is 13.6. The van der Waals surface area contributed by atoms with Gasteiger partial charge >= 0.3 is 0 Å². The standard InChI is InChI=1S/C17H21N3O/c1-18-17-13-8-4-5-9-14(13)19-16(20-17)11-12-7-3-6-10-15(12)21-2/h3,6-7,10H,4-5,8-9,11H2,1-2H3,(H,18,19,20). The van der Waals surface area contributed by atoms with Crippen molar-refractivity contribution in [2.24, 2.45) is 0 Å². The molecule has 3 rings (SSSR count). The van der Waals surface area contributed by atoms with Crippen LogP contribution in [0, 0.1) is 0 Å². The van der Waals surface area contributed by atoms with Crippen LogP contribution < -0.4 is 10.1 Å². The molecule has 0 aliphatic heterocycles. The minimum atomic E-state index is 0.700. The number of fused-ring (bicyclic) bond motifs is 1. The number of methoxy groups -OCH3 is 1. The van der Waals surface area contributed by atoms with Crippen LogP contribution in [0.15, 0.2) is 24.3 Å². The third kappa shape index (κ3) is 2.84. The number of ether oxygens (including phenoxy) is 1. The maximum atomic E-state index is 5.42. The van der Waals surface area contributed by atoms with Crippen LogP contribution >= 0.6 is 0 Å². The topological polar surface area (TPSA) is 47.0 Å². The number of para-hydroxylation sites is 1. The zero-order valence-corrected chi connectivity index (χ0v) is 12.6. The first kappa shape index (κ1) is 13.9. The summed E-state index contributed by atoms with van der Waals surface area (Å²) in [6.45, 7) is 0. The number of hydrogen-bond acceptors (Lipinski definition) is 4. The molecule has 21 heavy (non-hydrogen) atoms. The lowest BCUT2D eigenvalue weighted by atomic mass is 9.96. The molecule has 0 fully saturated rings. The predicted octanol–water partition coefficient (Wildman–Crippen LogP) is 3.00. The van der Waals surface area contributed by atoms with Crippen LogP contribution in [-0.2, 0) is 19.3 Å². The monoisotopic (exact) mass is 283 g/mol. The fourth-order valence-electron chi connectivity index (χ4n) is 2.95. The molecule has 0 saturated carbocycles. The Labute approximate surface area is 125 Å². The summed E-state index contributed by atoms with van der Waals surface area (Å²) in [6.07, 6.45) is 5.30. The number of aryl methyl sites for hydroxylation is 1. The maximum absolute atomic E-state index is 5.42. The van der Waals surface area contributed by atoms with Gasteiger partial charge in [0, 0.05) is 30.3 Å². The molecule has 110 valence electrons. The molecule has 1 aromatic carbocycles. The van der Waals surface area contributed by atoms with Crippen molar-refractivity contribution in [3.8, 4) is 5.75 Å². The van der Waals surface area contributed by atoms with Crippen molar-refractivity contribution in [3.05, 3.63) is 46.9 Å². The Morgan fingerprint density at radius 1 is 1.14 bits per heavy atom. The third-order valence-electron chi connectivity index (χ3n) is 4.01. The summed E-state index contributed by atoms with van der Waals surface area (Å²) in [6, 6.07) is 8.05. The fourth-order valence-corrected chi connectivity index (χ4v) is 2.95. The molecule has 4 nitrogen and oxygen atoms in total. The first-order valence-corrected chi connectivity index (χ1v) is 7.50. The van der Waals surface area contributed by atoms with E-state index in [-0.39, 0.29) is 0 Å². The van der Waals surface area contributed by atoms with E-state index in [0.717, 1.165) is 35.8 Å². The lowest BCUT2D eigenvalue weighted by molar-refractivity contribution is 0.410. The van der Waals surface area contributed by atoms with E-state index in [0.29, 0.717) is 6.42 Å². The Morgan fingerprint density at radius 3 is 2.76 bits per heavy atom. The zero-order chi connectivity index (χ0) is 14.7. The molecule has 2 aromatic rings. The molecule has 0 spiro atoms. The largest absolute Gasteiger partial charge is 0.496 e. The summed E-state index contributed by atoms with van der Waals surface area (Å²) in [4.78, 5) is 9.48. The van der Waals surface area contributed by atoms with Gasteiger partial charge in [-0.15, -0.1) is 0 Å². The Morgan fingerprint density at radius 2 is 1.95 bits per heavy atom. The molecule has 4 heteroatoms. The zero-order valence-electron chi connectivity index (χ0n) is 12.6. The van der Waals surface area contributed by atoms with Crippen LogP contribution in [-0.4, -0.2) is 24.1 Å². The molecule has 0 saturated heterocycles. The molecule has 1 N–H and O–H groups in total. The molecular formula is C17H21N3O. The average Bonchev–Trinajstić information content (AvgIpc) is 2.54. The van der Waals surface area contributed by atoms with Crippen molar-refractivity contribution in [3.63, 3.8) is 0 Å². The molecule has 1 aliphatic carbocycles. The first-order valence-electron chi connectivity index (χ1n) is 7.50. The van der Waals surface area contributed by atoms with E-state index in [1.165, 1.54) is 24.1 Å². The minimum Gasteiger partial charge on any atom is -0.496 e. The number of benzene rings is 1. The van der Waals surface area contributed by atoms with Gasteiger partial charge in [-0.2, -0.15) is 0 Å². The predicted molar refractivity (Wildman–Crippen MR) is 84.0 cm³/mol. The SMILES string of the molecule is CNc1nc(Cc2ccccc2OC)nc2c1CCCC2. The molecule has 1 heterocycles. The first-order chi connectivity index (χ1) is 10.3. The van der Waals surface area contributed by atoms with Gasteiger partial charge in [0.25, 0.3) is 0 Å². The lowest BCUT2D eigenvalue weighted by Crippen LogP contribution is -2.13. The summed E-state index contributed by atoms with van der Waals surface area (Å²) >= 11 is 0. The van der Waals surface area contributed by atoms with E-state index in [9.17, 15) is 0 Å². The molecular weight excluding hydrogens is 262 g/mol. The molecule has 1 aliphatic rings. The summed E-state index contributed by atoms with van der Waals surface area (Å²) in [5.74, 6) is 2.75. The number of anilines is 1. The number of nitrogens with one attached hydrogen (secondary N) is 1. The van der Waals surface area contributed by atoms with E-state index < -0.39 is 0 Å². The van der Waals surface area contributed by atoms with E-state index in [2.05, 4.69) is 11.4 Å². The number of rotatable bonds is 4. The molecule has 0 radical (unpaired) electrons. The highest BCUT2D eigenvalue weighted by Gasteiger charge is 2.17. The van der Waals surface area contributed by atoms with Gasteiger partial charge in [0.05, 0.1) is 7.11 Å². The summed E-state index contributed by atoms with van der Waals surface area (Å²) in [5, 5.41) is 3.23. The molecule has 0 bridgehead atoms. The van der Waals surface area contributed by atoms with Crippen molar-refractivity contribution in [2.75, 3.05) is 19.5 Å². The van der Waals surface area contributed by atoms with Gasteiger partial charge in [-0.05, 0) is 31.7 Å². The van der Waals surface area contributed by atoms with E-state index in [4.69, 9.17) is 14.7 Å². The van der Waals surface area contributed by atoms with Crippen LogP contribution in [0.4, 0.5) is 5.82 Å². The fraction of sp³-hybridized carbons (Fsp3) is 0.412. The summed E-state index contributed by atoms with van der Waals surface area (Å²) < 4.78 is 5.42. The Balaban J connectivity index is 1.95. The third-order valence-corrected chi connectivity index (χ3v) is 4.01. The van der Waals surface area contributed by atoms with Crippen LogP contribution in [0.1, 0.15) is 35.5 Å². The van der Waals surface area contributed by atoms with Gasteiger partial charge in [0.2, 0.25) is 0 Å². The summed E-state index contributed by atoms with van der Waals surface area (Å²) in [5.41, 5.74) is 3.64.